The van der Waals surface area contributed by atoms with Crippen molar-refractivity contribution >= 4 is 11.8 Å². The van der Waals surface area contributed by atoms with E-state index in [1.54, 1.807) is 11.1 Å². The standard InChI is InChI=1S/C10H17NS/c1-10(2,3)11-4-8-6-12-7-9(8)5-11/h4-7H2,1-3H3. The van der Waals surface area contributed by atoms with Crippen LogP contribution in [0.1, 0.15) is 20.8 Å². The first-order valence-corrected chi connectivity index (χ1v) is 5.75. The van der Waals surface area contributed by atoms with E-state index in [-0.39, 0.29) is 0 Å². The predicted molar refractivity (Wildman–Crippen MR) is 55.7 cm³/mol. The number of rotatable bonds is 0. The first-order chi connectivity index (χ1) is 5.57. The van der Waals surface area contributed by atoms with Gasteiger partial charge in [0, 0.05) is 30.1 Å². The maximum atomic E-state index is 2.58. The van der Waals surface area contributed by atoms with Gasteiger partial charge in [-0.2, -0.15) is 11.8 Å². The molecule has 0 amide bonds. The Labute approximate surface area is 79.2 Å². The molecular weight excluding hydrogens is 166 g/mol. The molecule has 0 atom stereocenters. The van der Waals surface area contributed by atoms with Gasteiger partial charge in [0.15, 0.2) is 0 Å². The molecule has 0 saturated heterocycles. The molecule has 2 aliphatic heterocycles. The summed E-state index contributed by atoms with van der Waals surface area (Å²) in [5.41, 5.74) is 3.79. The van der Waals surface area contributed by atoms with E-state index in [0.717, 1.165) is 0 Å². The molecule has 0 unspecified atom stereocenters. The first kappa shape index (κ1) is 8.64. The molecule has 0 fully saturated rings. The summed E-state index contributed by atoms with van der Waals surface area (Å²) in [6, 6.07) is 0. The quantitative estimate of drug-likeness (QED) is 0.529. The number of hydrogen-bond donors (Lipinski definition) is 0. The lowest BCUT2D eigenvalue weighted by Gasteiger charge is -2.32. The average molecular weight is 183 g/mol. The number of nitrogens with zero attached hydrogens (tertiary/aromatic N) is 1. The highest BCUT2D eigenvalue weighted by molar-refractivity contribution is 7.99. The van der Waals surface area contributed by atoms with Crippen LogP contribution in [0.2, 0.25) is 0 Å². The normalized spacial score (nSPS) is 25.2. The van der Waals surface area contributed by atoms with Crippen LogP contribution in [0, 0.1) is 0 Å². The fourth-order valence-electron chi connectivity index (χ4n) is 1.81. The molecule has 0 N–H and O–H groups in total. The predicted octanol–water partition coefficient (Wildman–Crippen LogP) is 2.14. The van der Waals surface area contributed by atoms with Crippen LogP contribution in [0.4, 0.5) is 0 Å². The van der Waals surface area contributed by atoms with Gasteiger partial charge in [0.25, 0.3) is 0 Å². The van der Waals surface area contributed by atoms with Gasteiger partial charge in [-0.15, -0.1) is 0 Å². The van der Waals surface area contributed by atoms with Crippen molar-refractivity contribution in [3.05, 3.63) is 11.1 Å². The van der Waals surface area contributed by atoms with Crippen LogP contribution in [0.3, 0.4) is 0 Å². The Morgan fingerprint density at radius 3 is 2.00 bits per heavy atom. The molecule has 0 aliphatic carbocycles. The molecule has 1 nitrogen and oxygen atoms in total. The third-order valence-corrected chi connectivity index (χ3v) is 3.87. The Balaban J connectivity index is 2.04. The second-order valence-corrected chi connectivity index (χ2v) is 5.71. The van der Waals surface area contributed by atoms with Gasteiger partial charge < -0.3 is 0 Å². The highest BCUT2D eigenvalue weighted by Gasteiger charge is 2.31. The molecule has 2 aliphatic rings. The van der Waals surface area contributed by atoms with Crippen molar-refractivity contribution in [3.63, 3.8) is 0 Å². The first-order valence-electron chi connectivity index (χ1n) is 4.60. The van der Waals surface area contributed by atoms with E-state index >= 15 is 0 Å². The summed E-state index contributed by atoms with van der Waals surface area (Å²) >= 11 is 2.08. The van der Waals surface area contributed by atoms with E-state index in [1.165, 1.54) is 24.6 Å². The van der Waals surface area contributed by atoms with Gasteiger partial charge in [-0.1, -0.05) is 0 Å². The lowest BCUT2D eigenvalue weighted by atomic mass is 10.1. The number of hydrogen-bond acceptors (Lipinski definition) is 2. The zero-order chi connectivity index (χ0) is 8.77. The highest BCUT2D eigenvalue weighted by atomic mass is 32.2. The van der Waals surface area contributed by atoms with Gasteiger partial charge in [0.05, 0.1) is 0 Å². The van der Waals surface area contributed by atoms with E-state index in [2.05, 4.69) is 37.4 Å². The molecule has 0 bridgehead atoms. The largest absolute Gasteiger partial charge is 0.291 e. The molecule has 0 aromatic rings. The van der Waals surface area contributed by atoms with E-state index in [0.29, 0.717) is 5.54 Å². The molecule has 0 aromatic carbocycles. The molecular formula is C10H17NS. The lowest BCUT2D eigenvalue weighted by molar-refractivity contribution is 0.179. The summed E-state index contributed by atoms with van der Waals surface area (Å²) < 4.78 is 0. The second kappa shape index (κ2) is 2.78. The molecule has 0 radical (unpaired) electrons. The zero-order valence-corrected chi connectivity index (χ0v) is 9.00. The van der Waals surface area contributed by atoms with Gasteiger partial charge in [-0.05, 0) is 31.9 Å². The van der Waals surface area contributed by atoms with Crippen molar-refractivity contribution in [2.75, 3.05) is 24.6 Å². The molecule has 0 saturated carbocycles. The van der Waals surface area contributed by atoms with Crippen molar-refractivity contribution in [2.45, 2.75) is 26.3 Å². The summed E-state index contributed by atoms with van der Waals surface area (Å²) in [5, 5.41) is 0. The van der Waals surface area contributed by atoms with Crippen molar-refractivity contribution in [1.82, 2.24) is 4.90 Å². The van der Waals surface area contributed by atoms with Crippen LogP contribution in [-0.4, -0.2) is 35.0 Å². The van der Waals surface area contributed by atoms with E-state index in [4.69, 9.17) is 0 Å². The summed E-state index contributed by atoms with van der Waals surface area (Å²) in [6.07, 6.45) is 0. The van der Waals surface area contributed by atoms with Crippen LogP contribution in [0.25, 0.3) is 0 Å². The van der Waals surface area contributed by atoms with Crippen LogP contribution in [0.15, 0.2) is 11.1 Å². The Kier molecular flexibility index (Phi) is 2.00. The number of thioether (sulfide) groups is 1. The van der Waals surface area contributed by atoms with E-state index < -0.39 is 0 Å². The Morgan fingerprint density at radius 2 is 1.58 bits per heavy atom. The van der Waals surface area contributed by atoms with E-state index in [9.17, 15) is 0 Å². The van der Waals surface area contributed by atoms with Crippen LogP contribution < -0.4 is 0 Å². The Bertz CT molecular complexity index is 208. The monoisotopic (exact) mass is 183 g/mol. The minimum Gasteiger partial charge on any atom is -0.291 e. The summed E-state index contributed by atoms with van der Waals surface area (Å²) in [7, 11) is 0. The maximum absolute atomic E-state index is 2.58. The Hall–Kier alpha value is 0.0500. The van der Waals surface area contributed by atoms with Crippen LogP contribution in [-0.2, 0) is 0 Å². The molecule has 12 heavy (non-hydrogen) atoms. The van der Waals surface area contributed by atoms with Crippen LogP contribution in [0.5, 0.6) is 0 Å². The summed E-state index contributed by atoms with van der Waals surface area (Å²) in [6.45, 7) is 9.38. The smallest absolute Gasteiger partial charge is 0.0213 e. The van der Waals surface area contributed by atoms with Crippen molar-refractivity contribution in [2.24, 2.45) is 0 Å². The van der Waals surface area contributed by atoms with Gasteiger partial charge in [-0.3, -0.25) is 4.90 Å². The average Bonchev–Trinajstić information content (AvgIpc) is 2.37. The SMILES string of the molecule is CC(C)(C)N1CC2=C(CSC2)C1. The van der Waals surface area contributed by atoms with Gasteiger partial charge in [0.1, 0.15) is 0 Å². The van der Waals surface area contributed by atoms with Gasteiger partial charge in [-0.25, -0.2) is 0 Å². The topological polar surface area (TPSA) is 3.24 Å². The molecule has 2 heterocycles. The van der Waals surface area contributed by atoms with Crippen LogP contribution >= 0.6 is 11.8 Å². The highest BCUT2D eigenvalue weighted by Crippen LogP contribution is 2.33. The maximum Gasteiger partial charge on any atom is 0.0213 e. The van der Waals surface area contributed by atoms with Crippen molar-refractivity contribution in [3.8, 4) is 0 Å². The lowest BCUT2D eigenvalue weighted by Crippen LogP contribution is -2.40. The molecule has 2 rings (SSSR count). The Morgan fingerprint density at radius 1 is 1.08 bits per heavy atom. The summed E-state index contributed by atoms with van der Waals surface area (Å²) in [4.78, 5) is 2.58. The van der Waals surface area contributed by atoms with Gasteiger partial charge in [0.2, 0.25) is 0 Å². The molecule has 0 aromatic heterocycles. The fourth-order valence-corrected chi connectivity index (χ4v) is 2.99. The minimum absolute atomic E-state index is 0.356. The second-order valence-electron chi connectivity index (χ2n) is 4.73. The molecule has 0 spiro atoms. The third-order valence-electron chi connectivity index (χ3n) is 2.76. The molecule has 68 valence electrons. The van der Waals surface area contributed by atoms with Gasteiger partial charge >= 0.3 is 0 Å². The van der Waals surface area contributed by atoms with Crippen molar-refractivity contribution < 1.29 is 0 Å². The summed E-state index contributed by atoms with van der Waals surface area (Å²) in [5.74, 6) is 2.59. The molecule has 2 heteroatoms. The minimum atomic E-state index is 0.356. The van der Waals surface area contributed by atoms with Crippen molar-refractivity contribution in [1.29, 1.82) is 0 Å². The fraction of sp³-hybridized carbons (Fsp3) is 0.800. The zero-order valence-electron chi connectivity index (χ0n) is 8.18. The third kappa shape index (κ3) is 1.42. The van der Waals surface area contributed by atoms with E-state index in [1.807, 2.05) is 0 Å².